The molecule has 0 fully saturated rings. The number of rotatable bonds is 4. The Balaban J connectivity index is 2.37. The van der Waals surface area contributed by atoms with E-state index in [0.717, 1.165) is 11.3 Å². The lowest BCUT2D eigenvalue weighted by Gasteiger charge is -2.13. The van der Waals surface area contributed by atoms with Gasteiger partial charge in [0, 0.05) is 16.2 Å². The molecule has 0 aliphatic rings. The highest BCUT2D eigenvalue weighted by atomic mass is 32.1. The highest BCUT2D eigenvalue weighted by Crippen LogP contribution is 2.31. The van der Waals surface area contributed by atoms with Gasteiger partial charge >= 0.3 is 0 Å². The van der Waals surface area contributed by atoms with Crippen LogP contribution in [0.3, 0.4) is 0 Å². The number of thiophene rings is 1. The molecule has 0 amide bonds. The summed E-state index contributed by atoms with van der Waals surface area (Å²) >= 11 is 1.31. The van der Waals surface area contributed by atoms with Crippen molar-refractivity contribution < 1.29 is 27.1 Å². The maximum atomic E-state index is 13.5. The van der Waals surface area contributed by atoms with E-state index in [4.69, 9.17) is 0 Å². The van der Waals surface area contributed by atoms with Crippen LogP contribution >= 0.6 is 11.3 Å². The molecule has 0 saturated heterocycles. The smallest absolute Gasteiger partial charge is 0.200 e. The fourth-order valence-corrected chi connectivity index (χ4v) is 2.92. The predicted molar refractivity (Wildman–Crippen MR) is 68.6 cm³/mol. The van der Waals surface area contributed by atoms with Gasteiger partial charge in [-0.2, -0.15) is 0 Å². The molecule has 1 heterocycles. The molecule has 0 aliphatic carbocycles. The van der Waals surface area contributed by atoms with Gasteiger partial charge in [-0.25, -0.2) is 22.0 Å². The molecule has 1 nitrogen and oxygen atoms in total. The molecule has 0 saturated carbocycles. The van der Waals surface area contributed by atoms with E-state index >= 15 is 0 Å². The summed E-state index contributed by atoms with van der Waals surface area (Å²) in [6.07, 6.45) is -1.27. The quantitative estimate of drug-likeness (QED) is 0.506. The summed E-state index contributed by atoms with van der Waals surface area (Å²) < 4.78 is 66.2. The zero-order valence-electron chi connectivity index (χ0n) is 10.9. The molecule has 1 atom stereocenters. The summed E-state index contributed by atoms with van der Waals surface area (Å²) in [5, 5.41) is 9.83. The Kier molecular flexibility index (Phi) is 4.63. The Morgan fingerprint density at radius 3 is 1.86 bits per heavy atom. The van der Waals surface area contributed by atoms with Crippen LogP contribution in [0.15, 0.2) is 12.1 Å². The summed E-state index contributed by atoms with van der Waals surface area (Å²) in [5.74, 6) is -10.3. The predicted octanol–water partition coefficient (Wildman–Crippen LogP) is 4.28. The summed E-state index contributed by atoms with van der Waals surface area (Å²) in [5.41, 5.74) is -1.20. The van der Waals surface area contributed by atoms with Gasteiger partial charge in [0.2, 0.25) is 5.82 Å². The molecule has 0 aliphatic heterocycles. The second-order valence-corrected chi connectivity index (χ2v) is 5.68. The van der Waals surface area contributed by atoms with Crippen LogP contribution in [-0.4, -0.2) is 5.11 Å². The van der Waals surface area contributed by atoms with E-state index in [1.807, 2.05) is 6.92 Å². The number of benzene rings is 1. The summed E-state index contributed by atoms with van der Waals surface area (Å²) in [6.45, 7) is 1.91. The molecule has 1 N–H and O–H groups in total. The van der Waals surface area contributed by atoms with E-state index in [2.05, 4.69) is 0 Å². The van der Waals surface area contributed by atoms with Gasteiger partial charge in [-0.05, 0) is 18.6 Å². The van der Waals surface area contributed by atoms with Crippen molar-refractivity contribution >= 4 is 11.3 Å². The third kappa shape index (κ3) is 2.94. The maximum absolute atomic E-state index is 13.5. The average molecular weight is 322 g/mol. The van der Waals surface area contributed by atoms with Crippen LogP contribution in [0, 0.1) is 29.1 Å². The lowest BCUT2D eigenvalue weighted by atomic mass is 10.0. The van der Waals surface area contributed by atoms with Crippen LogP contribution in [-0.2, 0) is 12.8 Å². The zero-order chi connectivity index (χ0) is 15.7. The van der Waals surface area contributed by atoms with Gasteiger partial charge in [-0.15, -0.1) is 11.3 Å². The van der Waals surface area contributed by atoms with Crippen molar-refractivity contribution in [2.75, 3.05) is 0 Å². The number of hydrogen-bond acceptors (Lipinski definition) is 2. The van der Waals surface area contributed by atoms with E-state index < -0.39 is 40.8 Å². The highest BCUT2D eigenvalue weighted by Gasteiger charge is 2.29. The van der Waals surface area contributed by atoms with Crippen molar-refractivity contribution in [2.45, 2.75) is 25.9 Å². The van der Waals surface area contributed by atoms with Gasteiger partial charge in [-0.1, -0.05) is 6.92 Å². The van der Waals surface area contributed by atoms with Gasteiger partial charge in [0.1, 0.15) is 0 Å². The van der Waals surface area contributed by atoms with Crippen molar-refractivity contribution in [3.05, 3.63) is 56.5 Å². The van der Waals surface area contributed by atoms with Crippen LogP contribution in [0.2, 0.25) is 0 Å². The largest absolute Gasteiger partial charge is 0.388 e. The molecular weight excluding hydrogens is 311 g/mol. The SMILES string of the molecule is CCc1ccc(CC(O)c2c(F)c(F)c(F)c(F)c2F)s1. The fourth-order valence-electron chi connectivity index (χ4n) is 1.93. The van der Waals surface area contributed by atoms with Crippen molar-refractivity contribution in [1.82, 2.24) is 0 Å². The number of aliphatic hydroxyl groups is 1. The standard InChI is InChI=1S/C14H11F5OS/c1-2-6-3-4-7(21-6)5-8(20)9-10(15)12(17)14(19)13(18)11(9)16/h3-4,8,20H,2,5H2,1H3. The van der Waals surface area contributed by atoms with Gasteiger partial charge in [-0.3, -0.25) is 0 Å². The van der Waals surface area contributed by atoms with Gasteiger partial charge in [0.15, 0.2) is 23.3 Å². The maximum Gasteiger partial charge on any atom is 0.200 e. The molecule has 2 rings (SSSR count). The molecule has 21 heavy (non-hydrogen) atoms. The number of hydrogen-bond donors (Lipinski definition) is 1. The van der Waals surface area contributed by atoms with E-state index in [-0.39, 0.29) is 6.42 Å². The van der Waals surface area contributed by atoms with Gasteiger partial charge in [0.25, 0.3) is 0 Å². The van der Waals surface area contributed by atoms with E-state index in [9.17, 15) is 27.1 Å². The van der Waals surface area contributed by atoms with Crippen molar-refractivity contribution in [3.63, 3.8) is 0 Å². The first-order valence-electron chi connectivity index (χ1n) is 6.13. The molecule has 114 valence electrons. The Hall–Kier alpha value is -1.47. The van der Waals surface area contributed by atoms with Crippen LogP contribution in [0.4, 0.5) is 22.0 Å². The average Bonchev–Trinajstić information content (AvgIpc) is 2.90. The molecule has 0 spiro atoms. The Labute approximate surface area is 121 Å². The van der Waals surface area contributed by atoms with Crippen LogP contribution in [0.25, 0.3) is 0 Å². The highest BCUT2D eigenvalue weighted by molar-refractivity contribution is 7.11. The molecule has 7 heteroatoms. The zero-order valence-corrected chi connectivity index (χ0v) is 11.7. The molecule has 1 unspecified atom stereocenters. The van der Waals surface area contributed by atoms with E-state index in [1.54, 1.807) is 12.1 Å². The minimum absolute atomic E-state index is 0.219. The topological polar surface area (TPSA) is 20.2 Å². The van der Waals surface area contributed by atoms with Gasteiger partial charge < -0.3 is 5.11 Å². The number of aliphatic hydroxyl groups excluding tert-OH is 1. The normalized spacial score (nSPS) is 12.7. The number of halogens is 5. The van der Waals surface area contributed by atoms with E-state index in [0.29, 0.717) is 4.88 Å². The summed E-state index contributed by atoms with van der Waals surface area (Å²) in [6, 6.07) is 3.43. The van der Waals surface area contributed by atoms with Crippen LogP contribution in [0.5, 0.6) is 0 Å². The summed E-state index contributed by atoms with van der Waals surface area (Å²) in [7, 11) is 0. The second kappa shape index (κ2) is 6.11. The minimum atomic E-state index is -2.23. The molecular formula is C14H11F5OS. The lowest BCUT2D eigenvalue weighted by Crippen LogP contribution is -2.12. The van der Waals surface area contributed by atoms with Crippen LogP contribution < -0.4 is 0 Å². The first kappa shape index (κ1) is 15.9. The van der Waals surface area contributed by atoms with Gasteiger partial charge in [0.05, 0.1) is 11.7 Å². The lowest BCUT2D eigenvalue weighted by molar-refractivity contribution is 0.164. The molecule has 0 radical (unpaired) electrons. The third-order valence-electron chi connectivity index (χ3n) is 3.04. The monoisotopic (exact) mass is 322 g/mol. The van der Waals surface area contributed by atoms with Crippen molar-refractivity contribution in [3.8, 4) is 0 Å². The molecule has 1 aromatic carbocycles. The number of aryl methyl sites for hydroxylation is 1. The van der Waals surface area contributed by atoms with Crippen molar-refractivity contribution in [1.29, 1.82) is 0 Å². The third-order valence-corrected chi connectivity index (χ3v) is 4.29. The minimum Gasteiger partial charge on any atom is -0.388 e. The first-order valence-corrected chi connectivity index (χ1v) is 6.95. The molecule has 0 bridgehead atoms. The van der Waals surface area contributed by atoms with Crippen molar-refractivity contribution in [2.24, 2.45) is 0 Å². The Bertz CT molecular complexity index is 639. The van der Waals surface area contributed by atoms with Crippen LogP contribution in [0.1, 0.15) is 28.3 Å². The van der Waals surface area contributed by atoms with E-state index in [1.165, 1.54) is 11.3 Å². The Morgan fingerprint density at radius 2 is 1.38 bits per heavy atom. The second-order valence-electron chi connectivity index (χ2n) is 4.43. The Morgan fingerprint density at radius 1 is 0.905 bits per heavy atom. The summed E-state index contributed by atoms with van der Waals surface area (Å²) in [4.78, 5) is 1.60. The first-order chi connectivity index (χ1) is 9.86. The molecule has 2 aromatic rings. The fraction of sp³-hybridized carbons (Fsp3) is 0.286. The molecule has 1 aromatic heterocycles.